The summed E-state index contributed by atoms with van der Waals surface area (Å²) in [5.74, 6) is 0.511. The lowest BCUT2D eigenvalue weighted by atomic mass is 10.0. The zero-order chi connectivity index (χ0) is 16.8. The molecule has 128 valence electrons. The first-order valence-corrected chi connectivity index (χ1v) is 8.71. The molecular weight excluding hydrogens is 300 g/mol. The fourth-order valence-corrected chi connectivity index (χ4v) is 2.40. The number of hydrogen-bond donors (Lipinski definition) is 3. The Balaban J connectivity index is 3.75. The quantitative estimate of drug-likeness (QED) is 0.336. The number of nitrogens with one attached hydrogen (secondary N) is 2. The van der Waals surface area contributed by atoms with E-state index in [9.17, 15) is 14.4 Å². The van der Waals surface area contributed by atoms with Crippen molar-refractivity contribution in [3.63, 3.8) is 0 Å². The van der Waals surface area contributed by atoms with Gasteiger partial charge in [-0.25, -0.2) is 0 Å². The van der Waals surface area contributed by atoms with Gasteiger partial charge in [0.05, 0.1) is 6.04 Å². The van der Waals surface area contributed by atoms with E-state index in [0.29, 0.717) is 6.42 Å². The fourth-order valence-electron chi connectivity index (χ4n) is 2.18. The maximum atomic E-state index is 12.0. The van der Waals surface area contributed by atoms with E-state index in [1.54, 1.807) is 0 Å². The molecule has 1 amide bonds. The molecule has 2 N–H and O–H groups in total. The molecule has 0 radical (unpaired) electrons. The van der Waals surface area contributed by atoms with Gasteiger partial charge in [-0.1, -0.05) is 12.8 Å². The molecule has 0 unspecified atom stereocenters. The maximum Gasteiger partial charge on any atom is 0.217 e. The molecule has 0 saturated heterocycles. The first-order valence-electron chi connectivity index (χ1n) is 8.08. The van der Waals surface area contributed by atoms with E-state index in [0.717, 1.165) is 38.1 Å². The van der Waals surface area contributed by atoms with Gasteiger partial charge in [0.15, 0.2) is 5.78 Å². The lowest BCUT2D eigenvalue weighted by Gasteiger charge is -2.15. The molecule has 0 aliphatic rings. The van der Waals surface area contributed by atoms with Crippen LogP contribution in [0.5, 0.6) is 0 Å². The van der Waals surface area contributed by atoms with E-state index in [2.05, 4.69) is 23.3 Å². The molecular formula is C16H30N2O3S. The predicted octanol–water partition coefficient (Wildman–Crippen LogP) is 1.90. The highest BCUT2D eigenvalue weighted by Crippen LogP contribution is 2.02. The van der Waals surface area contributed by atoms with Crippen molar-refractivity contribution in [3.05, 3.63) is 0 Å². The summed E-state index contributed by atoms with van der Waals surface area (Å²) >= 11 is 4.17. The van der Waals surface area contributed by atoms with E-state index in [1.807, 2.05) is 0 Å². The first-order chi connectivity index (χ1) is 10.5. The molecule has 1 atom stereocenters. The van der Waals surface area contributed by atoms with Gasteiger partial charge in [0.2, 0.25) is 5.91 Å². The second kappa shape index (κ2) is 13.8. The van der Waals surface area contributed by atoms with E-state index < -0.39 is 6.04 Å². The summed E-state index contributed by atoms with van der Waals surface area (Å²) in [4.78, 5) is 34.2. The van der Waals surface area contributed by atoms with Crippen LogP contribution < -0.4 is 10.6 Å². The van der Waals surface area contributed by atoms with Crippen molar-refractivity contribution in [3.8, 4) is 0 Å². The lowest BCUT2D eigenvalue weighted by molar-refractivity contribution is -0.129. The zero-order valence-corrected chi connectivity index (χ0v) is 14.7. The van der Waals surface area contributed by atoms with Crippen LogP contribution >= 0.6 is 12.6 Å². The molecule has 0 spiro atoms. The summed E-state index contributed by atoms with van der Waals surface area (Å²) in [5.41, 5.74) is 0. The van der Waals surface area contributed by atoms with Crippen molar-refractivity contribution in [2.24, 2.45) is 0 Å². The second-order valence-corrected chi connectivity index (χ2v) is 6.06. The Labute approximate surface area is 139 Å². The van der Waals surface area contributed by atoms with E-state index in [1.165, 1.54) is 26.7 Å². The molecule has 0 aromatic rings. The fraction of sp³-hybridized carbons (Fsp3) is 0.812. The van der Waals surface area contributed by atoms with Crippen molar-refractivity contribution in [2.45, 2.75) is 64.8 Å². The molecule has 5 nitrogen and oxygen atoms in total. The van der Waals surface area contributed by atoms with Gasteiger partial charge < -0.3 is 10.6 Å². The summed E-state index contributed by atoms with van der Waals surface area (Å²) in [6, 6.07) is -0.670. The SMILES string of the molecule is CC(=O)C[C@H](NC(C)=O)C(=O)CCCNCCCCCCS. The second-order valence-electron chi connectivity index (χ2n) is 5.62. The van der Waals surface area contributed by atoms with Gasteiger partial charge in [0.1, 0.15) is 5.78 Å². The minimum absolute atomic E-state index is 0.0685. The lowest BCUT2D eigenvalue weighted by Crippen LogP contribution is -2.41. The minimum atomic E-state index is -0.670. The van der Waals surface area contributed by atoms with Gasteiger partial charge >= 0.3 is 0 Å². The van der Waals surface area contributed by atoms with Crippen LogP contribution in [0.4, 0.5) is 0 Å². The molecule has 0 aliphatic carbocycles. The average Bonchev–Trinajstić information content (AvgIpc) is 2.43. The Bertz CT molecular complexity index is 332. The summed E-state index contributed by atoms with van der Waals surface area (Å²) in [7, 11) is 0. The molecule has 0 aliphatic heterocycles. The largest absolute Gasteiger partial charge is 0.346 e. The van der Waals surface area contributed by atoms with Gasteiger partial charge in [-0.2, -0.15) is 12.6 Å². The summed E-state index contributed by atoms with van der Waals surface area (Å²) < 4.78 is 0. The molecule has 22 heavy (non-hydrogen) atoms. The molecule has 0 aromatic carbocycles. The number of hydrogen-bond acceptors (Lipinski definition) is 5. The Morgan fingerprint density at radius 3 is 2.18 bits per heavy atom. The highest BCUT2D eigenvalue weighted by Gasteiger charge is 2.20. The van der Waals surface area contributed by atoms with Crippen molar-refractivity contribution in [1.29, 1.82) is 0 Å². The Morgan fingerprint density at radius 1 is 0.955 bits per heavy atom. The van der Waals surface area contributed by atoms with Crippen LogP contribution in [0.15, 0.2) is 0 Å². The van der Waals surface area contributed by atoms with Gasteiger partial charge in [-0.15, -0.1) is 0 Å². The molecule has 0 fully saturated rings. The standard InChI is InChI=1S/C16H30N2O3S/c1-13(19)12-15(18-14(2)20)16(21)8-7-10-17-9-5-3-4-6-11-22/h15,17,22H,3-12H2,1-2H3,(H,18,20)/t15-/m0/s1. The van der Waals surface area contributed by atoms with Gasteiger partial charge in [0, 0.05) is 19.8 Å². The van der Waals surface area contributed by atoms with Crippen LogP contribution in [-0.4, -0.2) is 42.4 Å². The molecule has 0 saturated carbocycles. The Kier molecular flexibility index (Phi) is 13.2. The molecule has 0 heterocycles. The Hall–Kier alpha value is -0.880. The van der Waals surface area contributed by atoms with Crippen LogP contribution in [0, 0.1) is 0 Å². The van der Waals surface area contributed by atoms with E-state index in [-0.39, 0.29) is 23.9 Å². The molecule has 6 heteroatoms. The minimum Gasteiger partial charge on any atom is -0.346 e. The number of carbonyl (C=O) groups is 3. The van der Waals surface area contributed by atoms with Gasteiger partial charge in [-0.3, -0.25) is 14.4 Å². The number of carbonyl (C=O) groups excluding carboxylic acids is 3. The maximum absolute atomic E-state index is 12.0. The topological polar surface area (TPSA) is 75.3 Å². The van der Waals surface area contributed by atoms with Crippen LogP contribution in [0.2, 0.25) is 0 Å². The molecule has 0 aromatic heterocycles. The predicted molar refractivity (Wildman–Crippen MR) is 92.3 cm³/mol. The summed E-state index contributed by atoms with van der Waals surface area (Å²) in [5, 5.41) is 5.87. The number of Topliss-reactive ketones (excluding diaryl/α,β-unsaturated/α-hetero) is 2. The monoisotopic (exact) mass is 330 g/mol. The number of rotatable bonds is 14. The van der Waals surface area contributed by atoms with Crippen LogP contribution in [0.1, 0.15) is 58.8 Å². The first kappa shape index (κ1) is 21.1. The zero-order valence-electron chi connectivity index (χ0n) is 13.8. The molecule has 0 rings (SSSR count). The number of amides is 1. The highest BCUT2D eigenvalue weighted by atomic mass is 32.1. The van der Waals surface area contributed by atoms with E-state index in [4.69, 9.17) is 0 Å². The number of ketones is 2. The third kappa shape index (κ3) is 12.8. The van der Waals surface area contributed by atoms with Crippen molar-refractivity contribution >= 4 is 30.1 Å². The highest BCUT2D eigenvalue weighted by molar-refractivity contribution is 7.80. The summed E-state index contributed by atoms with van der Waals surface area (Å²) in [6.45, 7) is 4.53. The smallest absolute Gasteiger partial charge is 0.217 e. The van der Waals surface area contributed by atoms with Gasteiger partial charge in [0.25, 0.3) is 0 Å². The Morgan fingerprint density at radius 2 is 1.59 bits per heavy atom. The van der Waals surface area contributed by atoms with Crippen molar-refractivity contribution in [1.82, 2.24) is 10.6 Å². The third-order valence-corrected chi connectivity index (χ3v) is 3.61. The third-order valence-electron chi connectivity index (χ3n) is 3.30. The van der Waals surface area contributed by atoms with Crippen LogP contribution in [0.25, 0.3) is 0 Å². The average molecular weight is 330 g/mol. The number of thiol groups is 1. The van der Waals surface area contributed by atoms with Crippen molar-refractivity contribution < 1.29 is 14.4 Å². The van der Waals surface area contributed by atoms with Crippen LogP contribution in [-0.2, 0) is 14.4 Å². The van der Waals surface area contributed by atoms with Gasteiger partial charge in [-0.05, 0) is 45.0 Å². The molecule has 0 bridgehead atoms. The normalized spacial score (nSPS) is 12.0. The number of unbranched alkanes of at least 4 members (excludes halogenated alkanes) is 3. The van der Waals surface area contributed by atoms with E-state index >= 15 is 0 Å². The van der Waals surface area contributed by atoms with Crippen LogP contribution in [0.3, 0.4) is 0 Å². The summed E-state index contributed by atoms with van der Waals surface area (Å²) in [6.07, 6.45) is 5.91. The van der Waals surface area contributed by atoms with Crippen molar-refractivity contribution in [2.75, 3.05) is 18.8 Å².